The summed E-state index contributed by atoms with van der Waals surface area (Å²) in [5, 5.41) is 10.5. The van der Waals surface area contributed by atoms with Crippen LogP contribution in [0, 0.1) is 0 Å². The first-order chi connectivity index (χ1) is 5.18. The summed E-state index contributed by atoms with van der Waals surface area (Å²) in [4.78, 5) is 14.8. The normalized spacial score (nSPS) is 9.55. The molecule has 0 radical (unpaired) electrons. The first-order valence-electron chi connectivity index (χ1n) is 2.75. The van der Waals surface area contributed by atoms with E-state index in [1.807, 2.05) is 0 Å². The number of nitrogens with zero attached hydrogens (tertiary/aromatic N) is 1. The Bertz CT molecular complexity index is 263. The minimum absolute atomic E-state index is 0.318. The van der Waals surface area contributed by atoms with Gasteiger partial charge < -0.3 is 10.4 Å². The summed E-state index contributed by atoms with van der Waals surface area (Å²) in [5.41, 5.74) is 0. The van der Waals surface area contributed by atoms with Crippen molar-refractivity contribution >= 4 is 33.4 Å². The van der Waals surface area contributed by atoms with Crippen molar-refractivity contribution in [3.63, 3.8) is 0 Å². The summed E-state index contributed by atoms with van der Waals surface area (Å²) >= 11 is 4.58. The molecule has 1 aromatic rings. The lowest BCUT2D eigenvalue weighted by molar-refractivity contribution is 0.194. The summed E-state index contributed by atoms with van der Waals surface area (Å²) in [7, 11) is 0. The van der Waals surface area contributed by atoms with Gasteiger partial charge in [-0.25, -0.2) is 9.78 Å². The van der Waals surface area contributed by atoms with E-state index in [1.54, 1.807) is 6.20 Å². The number of halogens is 1. The second kappa shape index (κ2) is 3.68. The van der Waals surface area contributed by atoms with Crippen LogP contribution in [0.2, 0.25) is 0 Å². The van der Waals surface area contributed by atoms with Gasteiger partial charge in [0.15, 0.2) is 3.92 Å². The topological polar surface area (TPSA) is 62.2 Å². The second-order valence-corrected chi connectivity index (χ2v) is 4.13. The smallest absolute Gasteiger partial charge is 0.404 e. The Hall–Kier alpha value is -0.620. The monoisotopic (exact) mass is 236 g/mol. The molecule has 0 bridgehead atoms. The summed E-state index contributed by atoms with van der Waals surface area (Å²) in [5.74, 6) is 0. The van der Waals surface area contributed by atoms with Crippen molar-refractivity contribution in [1.29, 1.82) is 0 Å². The highest BCUT2D eigenvalue weighted by Crippen LogP contribution is 2.17. The van der Waals surface area contributed by atoms with Crippen molar-refractivity contribution in [2.45, 2.75) is 6.54 Å². The molecule has 11 heavy (non-hydrogen) atoms. The molecule has 0 aromatic carbocycles. The number of carbonyl (C=O) groups is 1. The average Bonchev–Trinajstić information content (AvgIpc) is 2.31. The van der Waals surface area contributed by atoms with Crippen LogP contribution in [0.1, 0.15) is 4.88 Å². The van der Waals surface area contributed by atoms with E-state index in [0.717, 1.165) is 8.79 Å². The highest BCUT2D eigenvalue weighted by atomic mass is 79.9. The largest absolute Gasteiger partial charge is 0.465 e. The van der Waals surface area contributed by atoms with Crippen LogP contribution in [0.3, 0.4) is 0 Å². The number of thiazole rings is 1. The number of rotatable bonds is 2. The Morgan fingerprint density at radius 2 is 2.64 bits per heavy atom. The zero-order valence-corrected chi connectivity index (χ0v) is 7.78. The van der Waals surface area contributed by atoms with Crippen LogP contribution in [0.4, 0.5) is 4.79 Å². The van der Waals surface area contributed by atoms with Crippen molar-refractivity contribution in [1.82, 2.24) is 10.3 Å². The molecule has 1 rings (SSSR count). The maximum Gasteiger partial charge on any atom is 0.404 e. The summed E-state index contributed by atoms with van der Waals surface area (Å²) in [6.45, 7) is 0.318. The Morgan fingerprint density at radius 3 is 3.09 bits per heavy atom. The van der Waals surface area contributed by atoms with Crippen LogP contribution in [-0.4, -0.2) is 16.2 Å². The van der Waals surface area contributed by atoms with Crippen LogP contribution in [0.5, 0.6) is 0 Å². The van der Waals surface area contributed by atoms with Gasteiger partial charge in [-0.05, 0) is 15.9 Å². The van der Waals surface area contributed by atoms with Gasteiger partial charge in [0.1, 0.15) is 0 Å². The molecule has 0 unspecified atom stereocenters. The third kappa shape index (κ3) is 2.85. The minimum Gasteiger partial charge on any atom is -0.465 e. The van der Waals surface area contributed by atoms with Crippen molar-refractivity contribution in [3.8, 4) is 0 Å². The van der Waals surface area contributed by atoms with E-state index in [1.165, 1.54) is 11.3 Å². The lowest BCUT2D eigenvalue weighted by Gasteiger charge is -1.93. The fourth-order valence-corrected chi connectivity index (χ4v) is 1.83. The molecule has 0 fully saturated rings. The van der Waals surface area contributed by atoms with Gasteiger partial charge in [0.25, 0.3) is 0 Å². The van der Waals surface area contributed by atoms with Gasteiger partial charge in [-0.1, -0.05) is 0 Å². The average molecular weight is 237 g/mol. The molecule has 0 aliphatic rings. The lowest BCUT2D eigenvalue weighted by Crippen LogP contribution is -2.19. The van der Waals surface area contributed by atoms with E-state index >= 15 is 0 Å². The molecule has 1 amide bonds. The highest BCUT2D eigenvalue weighted by Gasteiger charge is 1.99. The summed E-state index contributed by atoms with van der Waals surface area (Å²) < 4.78 is 0.764. The quantitative estimate of drug-likeness (QED) is 0.822. The number of carboxylic acid groups (broad SMARTS) is 1. The Balaban J connectivity index is 2.45. The summed E-state index contributed by atoms with van der Waals surface area (Å²) in [6, 6.07) is 0. The number of aromatic nitrogens is 1. The first-order valence-corrected chi connectivity index (χ1v) is 4.36. The van der Waals surface area contributed by atoms with Crippen LogP contribution >= 0.6 is 27.3 Å². The van der Waals surface area contributed by atoms with Crippen molar-refractivity contribution in [3.05, 3.63) is 15.0 Å². The van der Waals surface area contributed by atoms with E-state index in [2.05, 4.69) is 26.2 Å². The van der Waals surface area contributed by atoms with E-state index in [9.17, 15) is 4.79 Å². The third-order valence-corrected chi connectivity index (χ3v) is 2.42. The Kier molecular flexibility index (Phi) is 2.84. The van der Waals surface area contributed by atoms with Crippen molar-refractivity contribution < 1.29 is 9.90 Å². The van der Waals surface area contributed by atoms with Crippen LogP contribution in [0.15, 0.2) is 10.1 Å². The van der Waals surface area contributed by atoms with Gasteiger partial charge >= 0.3 is 6.09 Å². The molecule has 4 nitrogen and oxygen atoms in total. The van der Waals surface area contributed by atoms with Gasteiger partial charge in [0, 0.05) is 11.1 Å². The van der Waals surface area contributed by atoms with Crippen molar-refractivity contribution in [2.75, 3.05) is 0 Å². The lowest BCUT2D eigenvalue weighted by atomic mass is 10.5. The van der Waals surface area contributed by atoms with Crippen LogP contribution in [0.25, 0.3) is 0 Å². The molecule has 1 aromatic heterocycles. The van der Waals surface area contributed by atoms with Gasteiger partial charge in [-0.2, -0.15) is 0 Å². The van der Waals surface area contributed by atoms with E-state index in [4.69, 9.17) is 5.11 Å². The predicted molar refractivity (Wildman–Crippen MR) is 44.7 cm³/mol. The number of hydrogen-bond donors (Lipinski definition) is 2. The maximum absolute atomic E-state index is 10.0. The molecule has 0 aliphatic heterocycles. The standard InChI is InChI=1S/C5H5BrN2O2S/c6-4-7-1-3(11-4)2-8-5(9)10/h1,8H,2H2,(H,9,10). The van der Waals surface area contributed by atoms with E-state index in [-0.39, 0.29) is 0 Å². The van der Waals surface area contributed by atoms with E-state index in [0.29, 0.717) is 6.54 Å². The number of nitrogens with one attached hydrogen (secondary N) is 1. The Morgan fingerprint density at radius 1 is 1.91 bits per heavy atom. The van der Waals surface area contributed by atoms with Crippen molar-refractivity contribution in [2.24, 2.45) is 0 Å². The first kappa shape index (κ1) is 8.48. The maximum atomic E-state index is 10.0. The van der Waals surface area contributed by atoms with Gasteiger partial charge in [0.2, 0.25) is 0 Å². The zero-order chi connectivity index (χ0) is 8.27. The molecular formula is C5H5BrN2O2S. The fourth-order valence-electron chi connectivity index (χ4n) is 0.528. The molecule has 1 heterocycles. The number of amides is 1. The molecule has 0 aliphatic carbocycles. The molecule has 60 valence electrons. The second-order valence-electron chi connectivity index (χ2n) is 1.74. The number of hydrogen-bond acceptors (Lipinski definition) is 3. The predicted octanol–water partition coefficient (Wildman–Crippen LogP) is 1.67. The SMILES string of the molecule is O=C(O)NCc1cnc(Br)s1. The molecule has 0 spiro atoms. The molecule has 0 saturated carbocycles. The van der Waals surface area contributed by atoms with Gasteiger partial charge in [0.05, 0.1) is 6.54 Å². The molecular weight excluding hydrogens is 232 g/mol. The summed E-state index contributed by atoms with van der Waals surface area (Å²) in [6.07, 6.45) is 0.611. The van der Waals surface area contributed by atoms with Crippen LogP contribution < -0.4 is 5.32 Å². The molecule has 0 saturated heterocycles. The van der Waals surface area contributed by atoms with E-state index < -0.39 is 6.09 Å². The zero-order valence-electron chi connectivity index (χ0n) is 5.37. The molecule has 2 N–H and O–H groups in total. The highest BCUT2D eigenvalue weighted by molar-refractivity contribution is 9.11. The Labute approximate surface area is 75.4 Å². The molecule has 0 atom stereocenters. The van der Waals surface area contributed by atoms with Crippen LogP contribution in [-0.2, 0) is 6.54 Å². The molecule has 6 heteroatoms. The minimum atomic E-state index is -1.02. The third-order valence-electron chi connectivity index (χ3n) is 0.939. The fraction of sp³-hybridized carbons (Fsp3) is 0.200. The van der Waals surface area contributed by atoms with Gasteiger partial charge in [-0.15, -0.1) is 11.3 Å². The van der Waals surface area contributed by atoms with Gasteiger partial charge in [-0.3, -0.25) is 0 Å².